The fourth-order valence-electron chi connectivity index (χ4n) is 0.892. The maximum atomic E-state index is 5.69. The fourth-order valence-corrected chi connectivity index (χ4v) is 0.936. The van der Waals surface area contributed by atoms with Crippen molar-refractivity contribution in [1.29, 1.82) is 0 Å². The van der Waals surface area contributed by atoms with E-state index in [4.69, 9.17) is 21.4 Å². The van der Waals surface area contributed by atoms with Crippen LogP contribution in [0.3, 0.4) is 0 Å². The zero-order valence-electron chi connectivity index (χ0n) is 9.32. The minimum absolute atomic E-state index is 0.224. The Morgan fingerprint density at radius 2 is 1.46 bits per heavy atom. The third-order valence-electron chi connectivity index (χ3n) is 1.67. The van der Waals surface area contributed by atoms with Gasteiger partial charge in [-0.2, -0.15) is 0 Å². The van der Waals surface area contributed by atoms with Crippen LogP contribution >= 0.6 is 11.6 Å². The molecule has 0 unspecified atom stereocenters. The molecule has 0 N–H and O–H groups in total. The van der Waals surface area contributed by atoms with Crippen LogP contribution in [-0.4, -0.2) is 17.1 Å². The normalized spacial score (nSPS) is 13.4. The molecule has 0 aromatic heterocycles. The van der Waals surface area contributed by atoms with Crippen molar-refractivity contribution in [2.45, 2.75) is 58.7 Å². The van der Waals surface area contributed by atoms with Crippen LogP contribution in [0.1, 0.15) is 47.5 Å². The minimum atomic E-state index is -0.410. The quantitative estimate of drug-likeness (QED) is 0.378. The first-order valence-electron chi connectivity index (χ1n) is 4.76. The van der Waals surface area contributed by atoms with Gasteiger partial charge in [-0.1, -0.05) is 13.3 Å². The molecule has 13 heavy (non-hydrogen) atoms. The lowest BCUT2D eigenvalue weighted by Crippen LogP contribution is -2.33. The van der Waals surface area contributed by atoms with Crippen LogP contribution in [0.5, 0.6) is 0 Å². The topological polar surface area (TPSA) is 18.5 Å². The van der Waals surface area contributed by atoms with Crippen LogP contribution in [-0.2, 0) is 9.78 Å². The Morgan fingerprint density at radius 3 is 1.85 bits per heavy atom. The molecule has 2 nitrogen and oxygen atoms in total. The van der Waals surface area contributed by atoms with Gasteiger partial charge in [0.25, 0.3) is 0 Å². The molecule has 3 heteroatoms. The average Bonchev–Trinajstić information content (AvgIpc) is 2.02. The third kappa shape index (κ3) is 6.30. The zero-order valence-corrected chi connectivity index (χ0v) is 10.1. The summed E-state index contributed by atoms with van der Waals surface area (Å²) in [5.74, 6) is 0.426. The van der Waals surface area contributed by atoms with Crippen LogP contribution in [0, 0.1) is 0 Å². The number of alkyl halides is 1. The van der Waals surface area contributed by atoms with E-state index in [2.05, 4.69) is 6.92 Å². The molecule has 80 valence electrons. The van der Waals surface area contributed by atoms with Crippen molar-refractivity contribution in [2.24, 2.45) is 0 Å². The predicted octanol–water partition coefficient (Wildman–Crippen LogP) is 3.53. The van der Waals surface area contributed by atoms with E-state index in [-0.39, 0.29) is 5.60 Å². The van der Waals surface area contributed by atoms with Crippen LogP contribution in [0.25, 0.3) is 0 Å². The van der Waals surface area contributed by atoms with Crippen molar-refractivity contribution in [3.05, 3.63) is 0 Å². The molecule has 0 fully saturated rings. The Bertz CT molecular complexity index is 144. The summed E-state index contributed by atoms with van der Waals surface area (Å²) in [6.07, 6.45) is 2.06. The van der Waals surface area contributed by atoms with Crippen molar-refractivity contribution in [3.8, 4) is 0 Å². The highest BCUT2D eigenvalue weighted by Gasteiger charge is 2.25. The fraction of sp³-hybridized carbons (Fsp3) is 1.00. The first kappa shape index (κ1) is 13.2. The van der Waals surface area contributed by atoms with Crippen LogP contribution in [0.2, 0.25) is 0 Å². The smallest absolute Gasteiger partial charge is 0.111 e. The summed E-state index contributed by atoms with van der Waals surface area (Å²) < 4.78 is 0. The van der Waals surface area contributed by atoms with Gasteiger partial charge in [0.05, 0.1) is 11.5 Å². The molecule has 0 saturated heterocycles. The van der Waals surface area contributed by atoms with E-state index in [1.165, 1.54) is 0 Å². The summed E-state index contributed by atoms with van der Waals surface area (Å²) in [6.45, 7) is 9.96. The second-order valence-electron chi connectivity index (χ2n) is 4.57. The standard InChI is InChI=1S/C10H21ClO2/c1-6-7-9(2,3)12-13-10(4,5)8-11/h6-8H2,1-5H3. The van der Waals surface area contributed by atoms with Crippen molar-refractivity contribution in [1.82, 2.24) is 0 Å². The van der Waals surface area contributed by atoms with Crippen LogP contribution in [0.4, 0.5) is 0 Å². The number of halogens is 1. The summed E-state index contributed by atoms with van der Waals surface area (Å²) in [5, 5.41) is 0. The zero-order chi connectivity index (χ0) is 10.5. The molecule has 0 saturated carbocycles. The van der Waals surface area contributed by atoms with Crippen molar-refractivity contribution in [3.63, 3.8) is 0 Å². The largest absolute Gasteiger partial charge is 0.230 e. The first-order valence-corrected chi connectivity index (χ1v) is 5.29. The average molecular weight is 209 g/mol. The molecule has 0 aromatic rings. The van der Waals surface area contributed by atoms with E-state index in [0.29, 0.717) is 5.88 Å². The molecule has 0 aromatic carbocycles. The lowest BCUT2D eigenvalue weighted by Gasteiger charge is -2.29. The summed E-state index contributed by atoms with van der Waals surface area (Å²) in [7, 11) is 0. The second-order valence-corrected chi connectivity index (χ2v) is 4.84. The first-order chi connectivity index (χ1) is 5.83. The second kappa shape index (κ2) is 5.18. The molecule has 0 atom stereocenters. The lowest BCUT2D eigenvalue weighted by atomic mass is 10.0. The summed E-state index contributed by atoms with van der Waals surface area (Å²) in [6, 6.07) is 0. The molecule has 0 bridgehead atoms. The molecule has 0 radical (unpaired) electrons. The van der Waals surface area contributed by atoms with E-state index in [9.17, 15) is 0 Å². The molecule has 0 aliphatic heterocycles. The van der Waals surface area contributed by atoms with Gasteiger partial charge in [0.1, 0.15) is 5.60 Å². The molecular weight excluding hydrogens is 188 g/mol. The number of hydrogen-bond donors (Lipinski definition) is 0. The van der Waals surface area contributed by atoms with E-state index >= 15 is 0 Å². The van der Waals surface area contributed by atoms with Crippen LogP contribution in [0.15, 0.2) is 0 Å². The Balaban J connectivity index is 3.86. The van der Waals surface area contributed by atoms with Gasteiger partial charge in [0.2, 0.25) is 0 Å². The molecule has 0 aliphatic rings. The maximum Gasteiger partial charge on any atom is 0.111 e. The molecule has 0 aliphatic carbocycles. The maximum absolute atomic E-state index is 5.69. The highest BCUT2D eigenvalue weighted by molar-refractivity contribution is 6.18. The van der Waals surface area contributed by atoms with E-state index in [1.807, 2.05) is 27.7 Å². The van der Waals surface area contributed by atoms with Crippen molar-refractivity contribution < 1.29 is 9.78 Å². The monoisotopic (exact) mass is 208 g/mol. The summed E-state index contributed by atoms with van der Waals surface area (Å²) >= 11 is 5.69. The molecular formula is C10H21ClO2. The van der Waals surface area contributed by atoms with Crippen molar-refractivity contribution >= 4 is 11.6 Å². The van der Waals surface area contributed by atoms with Gasteiger partial charge in [-0.3, -0.25) is 0 Å². The molecule has 0 rings (SSSR count). The van der Waals surface area contributed by atoms with Gasteiger partial charge in [-0.15, -0.1) is 11.6 Å². The Kier molecular flexibility index (Phi) is 5.26. The number of hydrogen-bond acceptors (Lipinski definition) is 2. The highest BCUT2D eigenvalue weighted by atomic mass is 35.5. The van der Waals surface area contributed by atoms with E-state index in [1.54, 1.807) is 0 Å². The van der Waals surface area contributed by atoms with Gasteiger partial charge >= 0.3 is 0 Å². The summed E-state index contributed by atoms with van der Waals surface area (Å²) in [4.78, 5) is 10.6. The highest BCUT2D eigenvalue weighted by Crippen LogP contribution is 2.21. The number of rotatable bonds is 6. The van der Waals surface area contributed by atoms with Crippen molar-refractivity contribution in [2.75, 3.05) is 5.88 Å². The van der Waals surface area contributed by atoms with Gasteiger partial charge in [-0.25, -0.2) is 9.78 Å². The van der Waals surface area contributed by atoms with E-state index < -0.39 is 5.60 Å². The predicted molar refractivity (Wildman–Crippen MR) is 56.0 cm³/mol. The van der Waals surface area contributed by atoms with Crippen LogP contribution < -0.4 is 0 Å². The molecule has 0 heterocycles. The minimum Gasteiger partial charge on any atom is -0.230 e. The van der Waals surface area contributed by atoms with Gasteiger partial charge in [0.15, 0.2) is 0 Å². The third-order valence-corrected chi connectivity index (χ3v) is 2.31. The molecule has 0 spiro atoms. The van der Waals surface area contributed by atoms with Gasteiger partial charge in [-0.05, 0) is 34.1 Å². The summed E-state index contributed by atoms with van der Waals surface area (Å²) in [5.41, 5.74) is -0.634. The van der Waals surface area contributed by atoms with Gasteiger partial charge in [0, 0.05) is 0 Å². The van der Waals surface area contributed by atoms with E-state index in [0.717, 1.165) is 12.8 Å². The SMILES string of the molecule is CCCC(C)(C)OOC(C)(C)CCl. The molecule has 0 amide bonds. The Labute approximate surface area is 86.5 Å². The lowest BCUT2D eigenvalue weighted by molar-refractivity contribution is -0.397. The Morgan fingerprint density at radius 1 is 1.00 bits per heavy atom. The van der Waals surface area contributed by atoms with Gasteiger partial charge < -0.3 is 0 Å². The Hall–Kier alpha value is 0.210.